The molecule has 2 aromatic carbocycles. The highest BCUT2D eigenvalue weighted by Gasteiger charge is 2.57. The van der Waals surface area contributed by atoms with Crippen molar-refractivity contribution in [1.82, 2.24) is 20.1 Å². The van der Waals surface area contributed by atoms with Gasteiger partial charge >= 0.3 is 6.03 Å². The standard InChI is InChI=1S/C28H26BrCl2FN4O/c29-21-4-6-25-22(16-21)28(8-11-33-12-9-28)18-36(25,13-1-2-19-3-5-23(30)24(31)14-19)27(37)35-17-20-7-10-34-26(32)15-20/h1-7,10,14-16,33H,8-9,11-13,17-18H2/p+1/b2-1+. The lowest BCUT2D eigenvalue weighted by atomic mass is 9.75. The van der Waals surface area contributed by atoms with E-state index in [1.54, 1.807) is 12.1 Å². The predicted octanol–water partition coefficient (Wildman–Crippen LogP) is 6.86. The second kappa shape index (κ2) is 10.8. The Hall–Kier alpha value is -2.29. The molecule has 5 nitrogen and oxygen atoms in total. The van der Waals surface area contributed by atoms with Crippen molar-refractivity contribution in [3.63, 3.8) is 0 Å². The zero-order chi connectivity index (χ0) is 26.0. The molecule has 192 valence electrons. The van der Waals surface area contributed by atoms with Crippen LogP contribution in [0.15, 0.2) is 65.3 Å². The molecule has 0 bridgehead atoms. The van der Waals surface area contributed by atoms with Crippen LogP contribution < -0.4 is 15.1 Å². The minimum Gasteiger partial charge on any atom is -0.317 e. The summed E-state index contributed by atoms with van der Waals surface area (Å²) in [5, 5.41) is 7.54. The summed E-state index contributed by atoms with van der Waals surface area (Å²) in [5.41, 5.74) is 3.69. The number of hydrogen-bond donors (Lipinski definition) is 2. The summed E-state index contributed by atoms with van der Waals surface area (Å²) < 4.78 is 14.8. The lowest BCUT2D eigenvalue weighted by Crippen LogP contribution is -2.60. The van der Waals surface area contributed by atoms with Crippen LogP contribution in [-0.4, -0.2) is 37.2 Å². The summed E-state index contributed by atoms with van der Waals surface area (Å²) in [6.45, 7) is 3.14. The third kappa shape index (κ3) is 5.33. The molecule has 37 heavy (non-hydrogen) atoms. The zero-order valence-corrected chi connectivity index (χ0v) is 23.2. The number of carbonyl (C=O) groups excluding carboxylic acids is 1. The summed E-state index contributed by atoms with van der Waals surface area (Å²) in [6, 6.07) is 14.7. The van der Waals surface area contributed by atoms with Crippen LogP contribution in [0.2, 0.25) is 10.0 Å². The van der Waals surface area contributed by atoms with Gasteiger partial charge in [0, 0.05) is 28.8 Å². The van der Waals surface area contributed by atoms with Crippen LogP contribution in [0.5, 0.6) is 0 Å². The average molecular weight is 605 g/mol. The first-order chi connectivity index (χ1) is 17.8. The topological polar surface area (TPSA) is 54.0 Å². The van der Waals surface area contributed by atoms with Crippen LogP contribution in [0.1, 0.15) is 29.5 Å². The van der Waals surface area contributed by atoms with Gasteiger partial charge in [-0.3, -0.25) is 0 Å². The van der Waals surface area contributed by atoms with Crippen LogP contribution in [-0.2, 0) is 12.0 Å². The molecule has 0 aliphatic carbocycles. The van der Waals surface area contributed by atoms with Gasteiger partial charge < -0.3 is 10.6 Å². The van der Waals surface area contributed by atoms with E-state index in [-0.39, 0.29) is 22.5 Å². The molecule has 9 heteroatoms. The van der Waals surface area contributed by atoms with Crippen LogP contribution in [0.3, 0.4) is 0 Å². The van der Waals surface area contributed by atoms with Gasteiger partial charge in [0.25, 0.3) is 0 Å². The van der Waals surface area contributed by atoms with Crippen molar-refractivity contribution < 1.29 is 9.18 Å². The fourth-order valence-corrected chi connectivity index (χ4v) is 6.29. The van der Waals surface area contributed by atoms with Gasteiger partial charge in [0.05, 0.1) is 15.5 Å². The summed E-state index contributed by atoms with van der Waals surface area (Å²) in [7, 11) is 0. The molecule has 0 radical (unpaired) electrons. The van der Waals surface area contributed by atoms with Crippen molar-refractivity contribution in [3.05, 3.63) is 98.0 Å². The maximum Gasteiger partial charge on any atom is 0.422 e. The van der Waals surface area contributed by atoms with Gasteiger partial charge in [-0.15, -0.1) is 0 Å². The molecule has 2 aliphatic heterocycles. The summed E-state index contributed by atoms with van der Waals surface area (Å²) in [5.74, 6) is -0.565. The molecule has 1 unspecified atom stereocenters. The Bertz CT molecular complexity index is 1360. The first kappa shape index (κ1) is 26.3. The Balaban J connectivity index is 1.51. The number of halogens is 4. The average Bonchev–Trinajstić information content (AvgIpc) is 3.14. The normalized spacial score (nSPS) is 20.3. The largest absolute Gasteiger partial charge is 0.422 e. The highest BCUT2D eigenvalue weighted by atomic mass is 79.9. The summed E-state index contributed by atoms with van der Waals surface area (Å²) in [4.78, 5) is 17.7. The van der Waals surface area contributed by atoms with E-state index >= 15 is 0 Å². The first-order valence-electron chi connectivity index (χ1n) is 12.2. The van der Waals surface area contributed by atoms with Gasteiger partial charge in [0.2, 0.25) is 5.95 Å². The van der Waals surface area contributed by atoms with E-state index in [9.17, 15) is 9.18 Å². The summed E-state index contributed by atoms with van der Waals surface area (Å²) >= 11 is 15.9. The molecule has 3 heterocycles. The molecular formula is C28H27BrCl2FN4O+. The second-order valence-corrected chi connectivity index (χ2v) is 11.5. The molecule has 2 amide bonds. The van der Waals surface area contributed by atoms with E-state index in [1.807, 2.05) is 30.4 Å². The maximum atomic E-state index is 14.1. The molecule has 2 aliphatic rings. The summed E-state index contributed by atoms with van der Waals surface area (Å²) in [6.07, 6.45) is 7.32. The third-order valence-corrected chi connectivity index (χ3v) is 8.65. The quantitative estimate of drug-likeness (QED) is 0.247. The Labute approximate surface area is 234 Å². The number of nitrogens with zero attached hydrogens (tertiary/aromatic N) is 2. The van der Waals surface area contributed by atoms with Gasteiger partial charge in [-0.25, -0.2) is 14.3 Å². The van der Waals surface area contributed by atoms with Crippen LogP contribution >= 0.6 is 39.1 Å². The number of pyridine rings is 1. The monoisotopic (exact) mass is 603 g/mol. The number of carbonyl (C=O) groups is 1. The molecule has 1 spiro atoms. The van der Waals surface area contributed by atoms with Crippen molar-refractivity contribution in [2.45, 2.75) is 24.8 Å². The van der Waals surface area contributed by atoms with Gasteiger partial charge in [-0.1, -0.05) is 51.3 Å². The Morgan fingerprint density at radius 2 is 1.95 bits per heavy atom. The minimum absolute atomic E-state index is 0.109. The van der Waals surface area contributed by atoms with Gasteiger partial charge in [-0.2, -0.15) is 4.39 Å². The number of hydrogen-bond acceptors (Lipinski definition) is 3. The van der Waals surface area contributed by atoms with E-state index < -0.39 is 5.95 Å². The number of urea groups is 1. The molecule has 1 saturated heterocycles. The number of benzene rings is 2. The fraction of sp³-hybridized carbons (Fsp3) is 0.286. The number of fused-ring (bicyclic) bond motifs is 2. The van der Waals surface area contributed by atoms with Crippen LogP contribution in [0.25, 0.3) is 6.08 Å². The molecule has 1 fully saturated rings. The third-order valence-electron chi connectivity index (χ3n) is 7.42. The lowest BCUT2D eigenvalue weighted by molar-refractivity contribution is 0.189. The number of rotatable bonds is 5. The van der Waals surface area contributed by atoms with Crippen molar-refractivity contribution in [3.8, 4) is 0 Å². The smallest absolute Gasteiger partial charge is 0.317 e. The van der Waals surface area contributed by atoms with E-state index in [1.165, 1.54) is 17.8 Å². The minimum atomic E-state index is -0.565. The Morgan fingerprint density at radius 1 is 1.14 bits per heavy atom. The first-order valence-corrected chi connectivity index (χ1v) is 13.8. The molecular weight excluding hydrogens is 578 g/mol. The fourth-order valence-electron chi connectivity index (χ4n) is 5.62. The van der Waals surface area contributed by atoms with Crippen molar-refractivity contribution in [2.75, 3.05) is 26.2 Å². The number of piperidine rings is 1. The maximum absolute atomic E-state index is 14.1. The number of aromatic nitrogens is 1. The van der Waals surface area contributed by atoms with E-state index in [0.717, 1.165) is 41.7 Å². The lowest BCUT2D eigenvalue weighted by Gasteiger charge is -2.36. The van der Waals surface area contributed by atoms with Gasteiger partial charge in [0.15, 0.2) is 0 Å². The van der Waals surface area contributed by atoms with Gasteiger partial charge in [-0.05, 0) is 79.5 Å². The number of quaternary nitrogens is 1. The number of nitrogens with one attached hydrogen (secondary N) is 2. The van der Waals surface area contributed by atoms with E-state index in [4.69, 9.17) is 23.2 Å². The Kier molecular flexibility index (Phi) is 7.70. The van der Waals surface area contributed by atoms with Crippen LogP contribution in [0.4, 0.5) is 14.9 Å². The molecule has 0 saturated carbocycles. The number of amides is 2. The Morgan fingerprint density at radius 3 is 2.70 bits per heavy atom. The molecule has 5 rings (SSSR count). The molecule has 1 atom stereocenters. The van der Waals surface area contributed by atoms with Crippen LogP contribution in [0, 0.1) is 5.95 Å². The van der Waals surface area contributed by atoms with Crippen molar-refractivity contribution >= 4 is 56.9 Å². The van der Waals surface area contributed by atoms with E-state index in [2.05, 4.69) is 43.7 Å². The molecule has 3 aromatic rings. The van der Waals surface area contributed by atoms with Crippen molar-refractivity contribution in [1.29, 1.82) is 0 Å². The zero-order valence-electron chi connectivity index (χ0n) is 20.1. The van der Waals surface area contributed by atoms with Gasteiger partial charge in [0.1, 0.15) is 18.8 Å². The molecule has 1 aromatic heterocycles. The SMILES string of the molecule is O=C(NCc1ccnc(F)c1)[N+]1(C/C=C/c2ccc(Cl)c(Cl)c2)CC2(CCNCC2)c2cc(Br)ccc21. The highest BCUT2D eigenvalue weighted by Crippen LogP contribution is 2.51. The van der Waals surface area contributed by atoms with E-state index in [0.29, 0.717) is 28.7 Å². The van der Waals surface area contributed by atoms with Crippen molar-refractivity contribution in [2.24, 2.45) is 0 Å². The molecule has 2 N–H and O–H groups in total. The predicted molar refractivity (Wildman–Crippen MR) is 151 cm³/mol. The second-order valence-electron chi connectivity index (χ2n) is 9.72. The highest BCUT2D eigenvalue weighted by molar-refractivity contribution is 9.10.